The van der Waals surface area contributed by atoms with Gasteiger partial charge in [-0.3, -0.25) is 0 Å². The number of carboxylic acids is 2. The van der Waals surface area contributed by atoms with Crippen LogP contribution in [0.25, 0.3) is 0 Å². The van der Waals surface area contributed by atoms with Gasteiger partial charge in [-0.05, 0) is 0 Å². The molecule has 0 spiro atoms. The molecule has 0 heterocycles. The molecule has 0 rings (SSSR count). The fourth-order valence-electron chi connectivity index (χ4n) is 0. The molecule has 0 aliphatic rings. The van der Waals surface area contributed by atoms with Gasteiger partial charge in [0.25, 0.3) is 0 Å². The van der Waals surface area contributed by atoms with Crippen LogP contribution in [0.15, 0.2) is 0 Å². The zero-order valence-corrected chi connectivity index (χ0v) is 7.97. The first-order chi connectivity index (χ1) is 2.64. The Kier molecular flexibility index (Phi) is 28.8. The zero-order valence-electron chi connectivity index (χ0n) is 4.37. The van der Waals surface area contributed by atoms with Crippen molar-refractivity contribution in [3.05, 3.63) is 0 Å². The fourth-order valence-corrected chi connectivity index (χ4v) is 0. The van der Waals surface area contributed by atoms with Gasteiger partial charge in [-0.2, -0.15) is 0 Å². The Hall–Kier alpha value is 0.640. The van der Waals surface area contributed by atoms with Gasteiger partial charge >= 0.3 is 11.9 Å². The number of carboxylic acid groups (broad SMARTS) is 2. The normalized spacial score (nSPS) is 4.89. The van der Waals surface area contributed by atoms with Crippen molar-refractivity contribution in [2.45, 2.75) is 0 Å². The average Bonchev–Trinajstić information content (AvgIpc) is 1.36. The number of hydrogen-bond acceptors (Lipinski definition) is 2. The van der Waals surface area contributed by atoms with Crippen LogP contribution in [-0.2, 0) is 61.3 Å². The third kappa shape index (κ3) is 17.7. The summed E-state index contributed by atoms with van der Waals surface area (Å²) >= 11 is 0. The maximum absolute atomic E-state index is 9.10. The van der Waals surface area contributed by atoms with Crippen LogP contribution in [0.1, 0.15) is 0 Å². The fraction of sp³-hybridized carbons (Fsp3) is 0. The molecule has 2 radical (unpaired) electrons. The van der Waals surface area contributed by atoms with E-state index in [4.69, 9.17) is 19.8 Å². The molecular formula is C2H4O5Sc2. The molecule has 0 aromatic rings. The summed E-state index contributed by atoms with van der Waals surface area (Å²) in [5.74, 6) is -3.65. The van der Waals surface area contributed by atoms with Crippen molar-refractivity contribution in [3.63, 3.8) is 0 Å². The SMILES string of the molecule is O.O=C(O)C(=O)O.[Sc].[Sc]. The zero-order chi connectivity index (χ0) is 5.15. The molecule has 5 nitrogen and oxygen atoms in total. The van der Waals surface area contributed by atoms with Crippen LogP contribution in [0.2, 0.25) is 0 Å². The number of carbonyl (C=O) groups is 2. The molecule has 0 aromatic carbocycles. The molecule has 7 heteroatoms. The van der Waals surface area contributed by atoms with Crippen LogP contribution in [0, 0.1) is 0 Å². The minimum absolute atomic E-state index is 0. The third-order valence-corrected chi connectivity index (χ3v) is 0.183. The molecule has 9 heavy (non-hydrogen) atoms. The quantitative estimate of drug-likeness (QED) is 0.453. The number of aliphatic carboxylic acids is 2. The van der Waals surface area contributed by atoms with Crippen LogP contribution >= 0.6 is 0 Å². The maximum atomic E-state index is 9.10. The predicted octanol–water partition coefficient (Wildman–Crippen LogP) is -1.67. The predicted molar refractivity (Wildman–Crippen MR) is 18.9 cm³/mol. The van der Waals surface area contributed by atoms with Gasteiger partial charge in [0.05, 0.1) is 0 Å². The van der Waals surface area contributed by atoms with Gasteiger partial charge in [0.15, 0.2) is 0 Å². The van der Waals surface area contributed by atoms with Crippen molar-refractivity contribution in [1.82, 2.24) is 0 Å². The van der Waals surface area contributed by atoms with Gasteiger partial charge in [0.2, 0.25) is 0 Å². The molecule has 0 bridgehead atoms. The first-order valence-corrected chi connectivity index (χ1v) is 1.11. The minimum atomic E-state index is -1.82. The summed E-state index contributed by atoms with van der Waals surface area (Å²) in [6.45, 7) is 0. The summed E-state index contributed by atoms with van der Waals surface area (Å²) in [7, 11) is 0. The molecule has 0 amide bonds. The molecule has 0 saturated heterocycles. The van der Waals surface area contributed by atoms with Crippen LogP contribution in [0.4, 0.5) is 0 Å². The van der Waals surface area contributed by atoms with E-state index < -0.39 is 11.9 Å². The van der Waals surface area contributed by atoms with Crippen molar-refractivity contribution in [2.75, 3.05) is 0 Å². The van der Waals surface area contributed by atoms with E-state index in [0.29, 0.717) is 0 Å². The number of rotatable bonds is 0. The summed E-state index contributed by atoms with van der Waals surface area (Å²) in [6, 6.07) is 0. The summed E-state index contributed by atoms with van der Waals surface area (Å²) in [5, 5.41) is 14.8. The van der Waals surface area contributed by atoms with E-state index in [-0.39, 0.29) is 57.2 Å². The molecule has 4 N–H and O–H groups in total. The van der Waals surface area contributed by atoms with Gasteiger partial charge in [0.1, 0.15) is 0 Å². The third-order valence-electron chi connectivity index (χ3n) is 0.183. The Morgan fingerprint density at radius 2 is 1.00 bits per heavy atom. The standard InChI is InChI=1S/C2H2O4.H2O.2Sc/c3-1(4)2(5)6;;;/h(H,3,4)(H,5,6);1H2;;. The van der Waals surface area contributed by atoms with Crippen molar-refractivity contribution < 1.29 is 77.0 Å². The van der Waals surface area contributed by atoms with E-state index in [1.807, 2.05) is 0 Å². The summed E-state index contributed by atoms with van der Waals surface area (Å²) in [6.07, 6.45) is 0. The molecule has 0 aliphatic heterocycles. The van der Waals surface area contributed by atoms with Crippen molar-refractivity contribution in [1.29, 1.82) is 0 Å². The van der Waals surface area contributed by atoms with E-state index in [1.165, 1.54) is 0 Å². The molecule has 0 atom stereocenters. The van der Waals surface area contributed by atoms with Gasteiger partial charge < -0.3 is 15.7 Å². The maximum Gasteiger partial charge on any atom is 0.414 e. The Morgan fingerprint density at radius 1 is 0.889 bits per heavy atom. The Bertz CT molecular complexity index is 79.0. The molecule has 48 valence electrons. The van der Waals surface area contributed by atoms with Crippen LogP contribution in [-0.4, -0.2) is 27.6 Å². The van der Waals surface area contributed by atoms with Crippen molar-refractivity contribution >= 4 is 11.9 Å². The van der Waals surface area contributed by atoms with Crippen LogP contribution in [0.3, 0.4) is 0 Å². The smallest absolute Gasteiger partial charge is 0.414 e. The first kappa shape index (κ1) is 22.6. The van der Waals surface area contributed by atoms with E-state index in [9.17, 15) is 0 Å². The second-order valence-corrected chi connectivity index (χ2v) is 0.610. The average molecular weight is 198 g/mol. The van der Waals surface area contributed by atoms with Gasteiger partial charge in [-0.1, -0.05) is 0 Å². The summed E-state index contributed by atoms with van der Waals surface area (Å²) in [4.78, 5) is 18.2. The first-order valence-electron chi connectivity index (χ1n) is 1.11. The Morgan fingerprint density at radius 3 is 1.00 bits per heavy atom. The van der Waals surface area contributed by atoms with Gasteiger partial charge in [0, 0.05) is 51.7 Å². The monoisotopic (exact) mass is 198 g/mol. The van der Waals surface area contributed by atoms with Gasteiger partial charge in [-0.15, -0.1) is 0 Å². The van der Waals surface area contributed by atoms with Gasteiger partial charge in [-0.25, -0.2) is 9.59 Å². The molecule has 0 aromatic heterocycles. The number of hydrogen-bond donors (Lipinski definition) is 2. The second kappa shape index (κ2) is 11.4. The van der Waals surface area contributed by atoms with Crippen molar-refractivity contribution in [2.24, 2.45) is 0 Å². The molecule has 0 fully saturated rings. The van der Waals surface area contributed by atoms with Crippen LogP contribution in [0.5, 0.6) is 0 Å². The minimum Gasteiger partial charge on any atom is -0.473 e. The largest absolute Gasteiger partial charge is 0.473 e. The molecular weight excluding hydrogens is 194 g/mol. The van der Waals surface area contributed by atoms with Crippen molar-refractivity contribution in [3.8, 4) is 0 Å². The van der Waals surface area contributed by atoms with E-state index in [2.05, 4.69) is 0 Å². The summed E-state index contributed by atoms with van der Waals surface area (Å²) < 4.78 is 0. The van der Waals surface area contributed by atoms with E-state index in [0.717, 1.165) is 0 Å². The van der Waals surface area contributed by atoms with E-state index >= 15 is 0 Å². The second-order valence-electron chi connectivity index (χ2n) is 0.610. The molecule has 0 unspecified atom stereocenters. The molecule has 0 saturated carbocycles. The Labute approximate surface area is 88.3 Å². The van der Waals surface area contributed by atoms with Crippen LogP contribution < -0.4 is 0 Å². The Balaban J connectivity index is -0.0000000417. The topological polar surface area (TPSA) is 106 Å². The van der Waals surface area contributed by atoms with E-state index in [1.54, 1.807) is 0 Å². The summed E-state index contributed by atoms with van der Waals surface area (Å²) in [5.41, 5.74) is 0. The molecule has 0 aliphatic carbocycles.